The SMILES string of the molecule is CN(Cc1ccc(N(C)C)cc1)C(=O)CN1CCCCCC1c1ccco1. The molecular weight excluding hydrogens is 338 g/mol. The van der Waals surface area contributed by atoms with E-state index in [1.807, 2.05) is 38.2 Å². The maximum absolute atomic E-state index is 12.9. The molecule has 1 amide bonds. The monoisotopic (exact) mass is 369 g/mol. The average molecular weight is 370 g/mol. The Labute approximate surface area is 162 Å². The molecule has 1 unspecified atom stereocenters. The molecule has 0 N–H and O–H groups in total. The van der Waals surface area contributed by atoms with E-state index < -0.39 is 0 Å². The van der Waals surface area contributed by atoms with Crippen LogP contribution in [0.15, 0.2) is 47.1 Å². The Bertz CT molecular complexity index is 710. The summed E-state index contributed by atoms with van der Waals surface area (Å²) in [5.41, 5.74) is 2.31. The maximum atomic E-state index is 12.9. The van der Waals surface area contributed by atoms with Gasteiger partial charge in [0.2, 0.25) is 5.91 Å². The van der Waals surface area contributed by atoms with Crippen LogP contribution in [0, 0.1) is 0 Å². The molecule has 2 aromatic rings. The smallest absolute Gasteiger partial charge is 0.236 e. The lowest BCUT2D eigenvalue weighted by Crippen LogP contribution is -2.39. The first-order valence-electron chi connectivity index (χ1n) is 9.82. The molecule has 27 heavy (non-hydrogen) atoms. The Balaban J connectivity index is 1.61. The van der Waals surface area contributed by atoms with Crippen LogP contribution in [0.1, 0.15) is 43.0 Å². The van der Waals surface area contributed by atoms with Crippen LogP contribution < -0.4 is 4.90 Å². The van der Waals surface area contributed by atoms with E-state index in [1.54, 1.807) is 6.26 Å². The molecule has 2 heterocycles. The summed E-state index contributed by atoms with van der Waals surface area (Å²) in [5.74, 6) is 1.14. The molecule has 0 spiro atoms. The number of hydrogen-bond donors (Lipinski definition) is 0. The molecule has 1 saturated heterocycles. The van der Waals surface area contributed by atoms with Crippen LogP contribution in [-0.2, 0) is 11.3 Å². The van der Waals surface area contributed by atoms with Crippen molar-refractivity contribution in [2.75, 3.05) is 39.1 Å². The normalized spacial score (nSPS) is 18.1. The Morgan fingerprint density at radius 2 is 1.89 bits per heavy atom. The lowest BCUT2D eigenvalue weighted by molar-refractivity contribution is -0.132. The lowest BCUT2D eigenvalue weighted by Gasteiger charge is -2.29. The summed E-state index contributed by atoms with van der Waals surface area (Å²) >= 11 is 0. The number of hydrogen-bond acceptors (Lipinski definition) is 4. The van der Waals surface area contributed by atoms with Gasteiger partial charge in [0.05, 0.1) is 18.8 Å². The van der Waals surface area contributed by atoms with Crippen LogP contribution >= 0.6 is 0 Å². The molecule has 1 aliphatic rings. The molecule has 1 atom stereocenters. The van der Waals surface area contributed by atoms with E-state index in [0.717, 1.165) is 30.7 Å². The third-order valence-electron chi connectivity index (χ3n) is 5.37. The molecule has 146 valence electrons. The molecule has 5 heteroatoms. The average Bonchev–Trinajstić information content (AvgIpc) is 3.09. The molecule has 5 nitrogen and oxygen atoms in total. The zero-order chi connectivity index (χ0) is 19.2. The van der Waals surface area contributed by atoms with E-state index in [4.69, 9.17) is 4.42 Å². The molecule has 1 fully saturated rings. The summed E-state index contributed by atoms with van der Waals surface area (Å²) in [4.78, 5) is 19.1. The van der Waals surface area contributed by atoms with Crippen molar-refractivity contribution < 1.29 is 9.21 Å². The van der Waals surface area contributed by atoms with E-state index in [2.05, 4.69) is 34.1 Å². The molecule has 1 aromatic heterocycles. The van der Waals surface area contributed by atoms with Gasteiger partial charge in [-0.1, -0.05) is 25.0 Å². The Morgan fingerprint density at radius 3 is 2.56 bits per heavy atom. The molecule has 1 aromatic carbocycles. The first-order chi connectivity index (χ1) is 13.0. The summed E-state index contributed by atoms with van der Waals surface area (Å²) in [6, 6.07) is 12.5. The van der Waals surface area contributed by atoms with E-state index in [0.29, 0.717) is 13.1 Å². The number of anilines is 1. The van der Waals surface area contributed by atoms with Gasteiger partial charge in [0.15, 0.2) is 0 Å². The van der Waals surface area contributed by atoms with Crippen LogP contribution in [0.2, 0.25) is 0 Å². The summed E-state index contributed by atoms with van der Waals surface area (Å²) < 4.78 is 5.66. The first-order valence-corrected chi connectivity index (χ1v) is 9.82. The fraction of sp³-hybridized carbons (Fsp3) is 0.500. The molecular formula is C22H31N3O2. The largest absolute Gasteiger partial charge is 0.468 e. The van der Waals surface area contributed by atoms with Gasteiger partial charge in [-0.3, -0.25) is 9.69 Å². The topological polar surface area (TPSA) is 39.9 Å². The van der Waals surface area contributed by atoms with Crippen LogP contribution in [-0.4, -0.2) is 49.9 Å². The van der Waals surface area contributed by atoms with Gasteiger partial charge in [-0.05, 0) is 49.2 Å². The Kier molecular flexibility index (Phi) is 6.56. The van der Waals surface area contributed by atoms with Gasteiger partial charge < -0.3 is 14.2 Å². The summed E-state index contributed by atoms with van der Waals surface area (Å²) in [6.45, 7) is 2.02. The van der Waals surface area contributed by atoms with Crippen molar-refractivity contribution in [3.63, 3.8) is 0 Å². The maximum Gasteiger partial charge on any atom is 0.236 e. The minimum Gasteiger partial charge on any atom is -0.468 e. The predicted octanol–water partition coefficient (Wildman–Crippen LogP) is 3.92. The minimum atomic E-state index is 0.158. The molecule has 1 aliphatic heterocycles. The standard InChI is InChI=1S/C22H31N3O2/c1-23(2)19-12-10-18(11-13-19)16-24(3)22(26)17-25-14-6-4-5-8-20(25)21-9-7-15-27-21/h7,9-13,15,20H,4-6,8,14,16-17H2,1-3H3. The van der Waals surface area contributed by atoms with Crippen LogP contribution in [0.4, 0.5) is 5.69 Å². The highest BCUT2D eigenvalue weighted by molar-refractivity contribution is 5.78. The van der Waals surface area contributed by atoms with Gasteiger partial charge in [0.25, 0.3) is 0 Å². The van der Waals surface area contributed by atoms with E-state index in [9.17, 15) is 4.79 Å². The van der Waals surface area contributed by atoms with Crippen LogP contribution in [0.25, 0.3) is 0 Å². The van der Waals surface area contributed by atoms with Crippen molar-refractivity contribution in [1.29, 1.82) is 0 Å². The van der Waals surface area contributed by atoms with E-state index in [1.165, 1.54) is 18.5 Å². The molecule has 0 radical (unpaired) electrons. The second-order valence-corrected chi connectivity index (χ2v) is 7.66. The number of carbonyl (C=O) groups excluding carboxylic acids is 1. The van der Waals surface area contributed by atoms with Crippen LogP contribution in [0.3, 0.4) is 0 Å². The third kappa shape index (κ3) is 5.13. The van der Waals surface area contributed by atoms with Gasteiger partial charge in [-0.15, -0.1) is 0 Å². The van der Waals surface area contributed by atoms with Crippen LogP contribution in [0.5, 0.6) is 0 Å². The number of likely N-dealkylation sites (N-methyl/N-ethyl adjacent to an activating group) is 1. The molecule has 0 bridgehead atoms. The third-order valence-corrected chi connectivity index (χ3v) is 5.37. The number of furan rings is 1. The van der Waals surface area contributed by atoms with Crippen molar-refractivity contribution in [3.8, 4) is 0 Å². The fourth-order valence-corrected chi connectivity index (χ4v) is 3.72. The highest BCUT2D eigenvalue weighted by Crippen LogP contribution is 2.30. The van der Waals surface area contributed by atoms with E-state index >= 15 is 0 Å². The molecule has 3 rings (SSSR count). The summed E-state index contributed by atoms with van der Waals surface area (Å²) in [6.07, 6.45) is 6.32. The van der Waals surface area contributed by atoms with Crippen molar-refractivity contribution in [2.24, 2.45) is 0 Å². The van der Waals surface area contributed by atoms with Crippen molar-refractivity contribution in [3.05, 3.63) is 54.0 Å². The fourth-order valence-electron chi connectivity index (χ4n) is 3.72. The van der Waals surface area contributed by atoms with Gasteiger partial charge in [-0.2, -0.15) is 0 Å². The summed E-state index contributed by atoms with van der Waals surface area (Å²) in [5, 5.41) is 0. The molecule has 0 saturated carbocycles. The molecule has 0 aliphatic carbocycles. The lowest BCUT2D eigenvalue weighted by atomic mass is 10.1. The number of benzene rings is 1. The van der Waals surface area contributed by atoms with Gasteiger partial charge in [-0.25, -0.2) is 0 Å². The number of nitrogens with zero attached hydrogens (tertiary/aromatic N) is 3. The predicted molar refractivity (Wildman–Crippen MR) is 109 cm³/mol. The number of amides is 1. The van der Waals surface area contributed by atoms with Crippen molar-refractivity contribution in [1.82, 2.24) is 9.80 Å². The minimum absolute atomic E-state index is 0.158. The second kappa shape index (κ2) is 9.09. The first kappa shape index (κ1) is 19.5. The highest BCUT2D eigenvalue weighted by atomic mass is 16.3. The van der Waals surface area contributed by atoms with Gasteiger partial charge in [0, 0.05) is 33.4 Å². The number of likely N-dealkylation sites (tertiary alicyclic amines) is 1. The second-order valence-electron chi connectivity index (χ2n) is 7.66. The zero-order valence-corrected chi connectivity index (χ0v) is 16.7. The van der Waals surface area contributed by atoms with Gasteiger partial charge >= 0.3 is 0 Å². The van der Waals surface area contributed by atoms with Gasteiger partial charge in [0.1, 0.15) is 5.76 Å². The zero-order valence-electron chi connectivity index (χ0n) is 16.7. The quantitative estimate of drug-likeness (QED) is 0.774. The number of rotatable bonds is 6. The summed E-state index contributed by atoms with van der Waals surface area (Å²) in [7, 11) is 5.95. The van der Waals surface area contributed by atoms with Crippen molar-refractivity contribution in [2.45, 2.75) is 38.3 Å². The Hall–Kier alpha value is -2.27. The van der Waals surface area contributed by atoms with E-state index in [-0.39, 0.29) is 11.9 Å². The number of carbonyl (C=O) groups is 1. The highest BCUT2D eigenvalue weighted by Gasteiger charge is 2.27. The Morgan fingerprint density at radius 1 is 1.11 bits per heavy atom. The van der Waals surface area contributed by atoms with Crippen molar-refractivity contribution >= 4 is 11.6 Å².